The third kappa shape index (κ3) is 6.26. The number of rotatable bonds is 10. The van der Waals surface area contributed by atoms with Crippen molar-refractivity contribution in [3.8, 4) is 5.75 Å². The van der Waals surface area contributed by atoms with Crippen molar-refractivity contribution in [3.63, 3.8) is 0 Å². The van der Waals surface area contributed by atoms with E-state index in [1.807, 2.05) is 48.5 Å². The molecule has 0 amide bonds. The minimum Gasteiger partial charge on any atom is -0.493 e. The van der Waals surface area contributed by atoms with E-state index < -0.39 is 5.97 Å². The van der Waals surface area contributed by atoms with Crippen molar-refractivity contribution in [1.29, 1.82) is 0 Å². The molecule has 0 unspecified atom stereocenters. The maximum atomic E-state index is 11.7. The second kappa shape index (κ2) is 10.4. The Labute approximate surface area is 195 Å². The zero-order valence-electron chi connectivity index (χ0n) is 19.3. The van der Waals surface area contributed by atoms with Gasteiger partial charge in [0.1, 0.15) is 5.75 Å². The molecule has 0 radical (unpaired) electrons. The Kier molecular flexibility index (Phi) is 7.13. The Morgan fingerprint density at radius 1 is 1.06 bits per heavy atom. The van der Waals surface area contributed by atoms with E-state index in [9.17, 15) is 9.90 Å². The molecule has 1 aliphatic carbocycles. The first-order chi connectivity index (χ1) is 16.0. The van der Waals surface area contributed by atoms with E-state index in [0.717, 1.165) is 34.7 Å². The first-order valence-electron chi connectivity index (χ1n) is 11.6. The summed E-state index contributed by atoms with van der Waals surface area (Å²) >= 11 is 0. The Hall–Kier alpha value is -3.53. The minimum atomic E-state index is -0.963. The monoisotopic (exact) mass is 441 g/mol. The van der Waals surface area contributed by atoms with E-state index in [1.165, 1.54) is 24.5 Å². The number of carboxylic acid groups (broad SMARTS) is 1. The number of aliphatic carboxylic acids is 1. The molecule has 33 heavy (non-hydrogen) atoms. The van der Waals surface area contributed by atoms with Gasteiger partial charge >= 0.3 is 5.97 Å². The highest BCUT2D eigenvalue weighted by Gasteiger charge is 2.21. The summed E-state index contributed by atoms with van der Waals surface area (Å²) in [7, 11) is 0. The Balaban J connectivity index is 1.58. The van der Waals surface area contributed by atoms with Crippen LogP contribution in [0.1, 0.15) is 54.9 Å². The lowest BCUT2D eigenvalue weighted by Crippen LogP contribution is -2.05. The molecule has 4 heteroatoms. The van der Waals surface area contributed by atoms with E-state index >= 15 is 0 Å². The summed E-state index contributed by atoms with van der Waals surface area (Å²) in [6.07, 6.45) is 3.83. The van der Waals surface area contributed by atoms with Crippen LogP contribution in [0.3, 0.4) is 0 Å². The van der Waals surface area contributed by atoms with Gasteiger partial charge in [-0.15, -0.1) is 0 Å². The molecular weight excluding hydrogens is 410 g/mol. The lowest BCUT2D eigenvalue weighted by molar-refractivity contribution is -0.131. The molecule has 0 aliphatic heterocycles. The number of carboxylic acids is 1. The van der Waals surface area contributed by atoms with Crippen molar-refractivity contribution in [2.75, 3.05) is 11.9 Å². The summed E-state index contributed by atoms with van der Waals surface area (Å²) in [5.41, 5.74) is 5.63. The van der Waals surface area contributed by atoms with Gasteiger partial charge < -0.3 is 15.2 Å². The van der Waals surface area contributed by atoms with Crippen molar-refractivity contribution in [2.45, 2.75) is 39.2 Å². The van der Waals surface area contributed by atoms with E-state index in [4.69, 9.17) is 4.74 Å². The van der Waals surface area contributed by atoms with Crippen LogP contribution in [-0.2, 0) is 11.3 Å². The van der Waals surface area contributed by atoms with Gasteiger partial charge in [0.15, 0.2) is 0 Å². The average molecular weight is 442 g/mol. The van der Waals surface area contributed by atoms with Gasteiger partial charge in [0, 0.05) is 23.9 Å². The van der Waals surface area contributed by atoms with Crippen LogP contribution in [0.4, 0.5) is 5.69 Å². The van der Waals surface area contributed by atoms with Gasteiger partial charge in [-0.1, -0.05) is 68.4 Å². The third-order valence-electron chi connectivity index (χ3n) is 5.91. The highest BCUT2D eigenvalue weighted by atomic mass is 16.5. The van der Waals surface area contributed by atoms with Crippen LogP contribution in [0.25, 0.3) is 5.57 Å². The van der Waals surface area contributed by atoms with Crippen LogP contribution in [0, 0.1) is 5.92 Å². The van der Waals surface area contributed by atoms with Crippen molar-refractivity contribution in [3.05, 3.63) is 101 Å². The van der Waals surface area contributed by atoms with Crippen LogP contribution < -0.4 is 10.1 Å². The molecule has 4 rings (SSSR count). The van der Waals surface area contributed by atoms with Crippen molar-refractivity contribution in [1.82, 2.24) is 0 Å². The van der Waals surface area contributed by atoms with Gasteiger partial charge in [0.25, 0.3) is 0 Å². The summed E-state index contributed by atoms with van der Waals surface area (Å²) < 4.78 is 5.91. The first kappa shape index (κ1) is 22.7. The summed E-state index contributed by atoms with van der Waals surface area (Å²) in [4.78, 5) is 11.7. The minimum absolute atomic E-state index is 0.360. The molecule has 1 saturated carbocycles. The second-order valence-corrected chi connectivity index (χ2v) is 8.98. The molecule has 1 fully saturated rings. The topological polar surface area (TPSA) is 58.6 Å². The van der Waals surface area contributed by atoms with E-state index in [-0.39, 0.29) is 0 Å². The Bertz CT molecular complexity index is 1140. The van der Waals surface area contributed by atoms with Crippen molar-refractivity contribution >= 4 is 17.2 Å². The van der Waals surface area contributed by atoms with Gasteiger partial charge in [-0.25, -0.2) is 4.79 Å². The summed E-state index contributed by atoms with van der Waals surface area (Å²) in [6, 6.07) is 24.1. The lowest BCUT2D eigenvalue weighted by atomic mass is 9.92. The number of hydrogen-bond donors (Lipinski definition) is 2. The summed E-state index contributed by atoms with van der Waals surface area (Å²) in [6.45, 7) is 5.68. The molecule has 4 nitrogen and oxygen atoms in total. The van der Waals surface area contributed by atoms with Gasteiger partial charge in [0.2, 0.25) is 0 Å². The number of ether oxygens (including phenoxy) is 1. The fourth-order valence-electron chi connectivity index (χ4n) is 3.82. The van der Waals surface area contributed by atoms with Gasteiger partial charge in [-0.3, -0.25) is 0 Å². The standard InChI is InChI=1S/C29H31NO3/c1-20(2)23-8-6-9-24(16-23)27(17-29(31)32)26-11-3-4-12-28(26)30-18-22-7-5-10-25(15-22)33-19-21-13-14-21/h3-12,15-17,20-21,30H,13-14,18-19H2,1-2H3,(H,31,32)/b27-17+. The molecule has 3 aromatic carbocycles. The van der Waals surface area contributed by atoms with Crippen molar-refractivity contribution in [2.24, 2.45) is 5.92 Å². The number of nitrogens with one attached hydrogen (secondary N) is 1. The van der Waals surface area contributed by atoms with Crippen LogP contribution in [0.15, 0.2) is 78.9 Å². The van der Waals surface area contributed by atoms with Gasteiger partial charge in [0.05, 0.1) is 6.61 Å². The fourth-order valence-corrected chi connectivity index (χ4v) is 3.82. The normalized spacial score (nSPS) is 13.7. The van der Waals surface area contributed by atoms with Gasteiger partial charge in [-0.2, -0.15) is 0 Å². The van der Waals surface area contributed by atoms with Crippen LogP contribution in [-0.4, -0.2) is 17.7 Å². The smallest absolute Gasteiger partial charge is 0.328 e. The molecule has 0 bridgehead atoms. The van der Waals surface area contributed by atoms with E-state index in [1.54, 1.807) is 0 Å². The summed E-state index contributed by atoms with van der Waals surface area (Å²) in [5, 5.41) is 13.1. The SMILES string of the molecule is CC(C)c1cccc(/C(=C\C(=O)O)c2ccccc2NCc2cccc(OCC3CC3)c2)c1. The Morgan fingerprint density at radius 2 is 1.85 bits per heavy atom. The molecule has 0 saturated heterocycles. The molecule has 0 aromatic heterocycles. The zero-order chi connectivity index (χ0) is 23.2. The maximum Gasteiger partial charge on any atom is 0.328 e. The predicted octanol–water partition coefficient (Wildman–Crippen LogP) is 6.73. The quantitative estimate of drug-likeness (QED) is 0.343. The zero-order valence-corrected chi connectivity index (χ0v) is 19.3. The second-order valence-electron chi connectivity index (χ2n) is 8.98. The summed E-state index contributed by atoms with van der Waals surface area (Å²) in [5.74, 6) is 1.01. The Morgan fingerprint density at radius 3 is 2.61 bits per heavy atom. The molecule has 170 valence electrons. The highest BCUT2D eigenvalue weighted by molar-refractivity contribution is 5.97. The largest absolute Gasteiger partial charge is 0.493 e. The third-order valence-corrected chi connectivity index (χ3v) is 5.91. The van der Waals surface area contributed by atoms with E-state index in [2.05, 4.69) is 43.4 Å². The van der Waals surface area contributed by atoms with Crippen LogP contribution in [0.5, 0.6) is 5.75 Å². The first-order valence-corrected chi connectivity index (χ1v) is 11.6. The molecular formula is C29H31NO3. The number of anilines is 1. The number of carbonyl (C=O) groups is 1. The average Bonchev–Trinajstić information content (AvgIpc) is 3.65. The lowest BCUT2D eigenvalue weighted by Gasteiger charge is -2.17. The molecule has 2 N–H and O–H groups in total. The fraction of sp³-hybridized carbons (Fsp3) is 0.276. The number of benzene rings is 3. The van der Waals surface area contributed by atoms with Crippen LogP contribution >= 0.6 is 0 Å². The van der Waals surface area contributed by atoms with Gasteiger partial charge in [-0.05, 0) is 65.1 Å². The predicted molar refractivity (Wildman–Crippen MR) is 134 cm³/mol. The molecule has 0 heterocycles. The van der Waals surface area contributed by atoms with Crippen LogP contribution in [0.2, 0.25) is 0 Å². The number of para-hydroxylation sites is 1. The highest BCUT2D eigenvalue weighted by Crippen LogP contribution is 2.32. The molecule has 1 aliphatic rings. The molecule has 3 aromatic rings. The van der Waals surface area contributed by atoms with E-state index in [0.29, 0.717) is 24.0 Å². The maximum absolute atomic E-state index is 11.7. The number of hydrogen-bond acceptors (Lipinski definition) is 3. The molecule has 0 spiro atoms. The molecule has 0 atom stereocenters. The van der Waals surface area contributed by atoms with Crippen molar-refractivity contribution < 1.29 is 14.6 Å².